The van der Waals surface area contributed by atoms with Crippen LogP contribution in [0.25, 0.3) is 0 Å². The van der Waals surface area contributed by atoms with Crippen molar-refractivity contribution < 1.29 is 14.0 Å². The van der Waals surface area contributed by atoms with E-state index >= 15 is 0 Å². The second-order valence-corrected chi connectivity index (χ2v) is 4.76. The summed E-state index contributed by atoms with van der Waals surface area (Å²) in [6, 6.07) is 4.05. The lowest BCUT2D eigenvalue weighted by atomic mass is 10.1. The molecule has 1 aliphatic heterocycles. The summed E-state index contributed by atoms with van der Waals surface area (Å²) in [5.74, 6) is -1.53. The molecule has 1 fully saturated rings. The van der Waals surface area contributed by atoms with Crippen LogP contribution in [0.2, 0.25) is 0 Å². The maximum Gasteiger partial charge on any atom is 0.227 e. The average Bonchev–Trinajstić information content (AvgIpc) is 2.61. The summed E-state index contributed by atoms with van der Waals surface area (Å²) in [4.78, 5) is 24.2. The molecule has 0 radical (unpaired) electrons. The van der Waals surface area contributed by atoms with E-state index in [1.807, 2.05) is 0 Å². The van der Waals surface area contributed by atoms with E-state index in [-0.39, 0.29) is 18.9 Å². The van der Waals surface area contributed by atoms with E-state index in [4.69, 9.17) is 5.73 Å². The lowest BCUT2D eigenvalue weighted by molar-refractivity contribution is -0.123. The third kappa shape index (κ3) is 2.31. The first-order valence-corrected chi connectivity index (χ1v) is 5.83. The van der Waals surface area contributed by atoms with Crippen molar-refractivity contribution in [2.45, 2.75) is 6.42 Å². The van der Waals surface area contributed by atoms with Gasteiger partial charge in [0, 0.05) is 17.4 Å². The van der Waals surface area contributed by atoms with Crippen LogP contribution in [-0.2, 0) is 9.59 Å². The fraction of sp³-hybridized carbons (Fsp3) is 0.273. The van der Waals surface area contributed by atoms with Crippen molar-refractivity contribution in [3.05, 3.63) is 28.5 Å². The Hall–Kier alpha value is -1.43. The molecule has 2 amide bonds. The number of primary amides is 1. The minimum Gasteiger partial charge on any atom is -0.369 e. The highest BCUT2D eigenvalue weighted by Crippen LogP contribution is 2.31. The van der Waals surface area contributed by atoms with Gasteiger partial charge in [-0.2, -0.15) is 0 Å². The Morgan fingerprint density at radius 2 is 2.24 bits per heavy atom. The van der Waals surface area contributed by atoms with Crippen LogP contribution in [0.1, 0.15) is 6.42 Å². The van der Waals surface area contributed by atoms with Gasteiger partial charge in [0.2, 0.25) is 11.8 Å². The molecule has 90 valence electrons. The van der Waals surface area contributed by atoms with E-state index in [9.17, 15) is 14.0 Å². The van der Waals surface area contributed by atoms with Gasteiger partial charge in [-0.1, -0.05) is 0 Å². The molecule has 2 N–H and O–H groups in total. The van der Waals surface area contributed by atoms with Gasteiger partial charge in [0.15, 0.2) is 0 Å². The molecular weight excluding hydrogens is 291 g/mol. The summed E-state index contributed by atoms with van der Waals surface area (Å²) in [5.41, 5.74) is 5.73. The van der Waals surface area contributed by atoms with Crippen molar-refractivity contribution in [2.24, 2.45) is 11.7 Å². The maximum absolute atomic E-state index is 12.9. The first-order valence-electron chi connectivity index (χ1n) is 5.04. The summed E-state index contributed by atoms with van der Waals surface area (Å²) < 4.78 is 13.4. The molecule has 6 heteroatoms. The number of carbonyl (C=O) groups is 2. The maximum atomic E-state index is 12.9. The Kier molecular flexibility index (Phi) is 3.15. The fourth-order valence-corrected chi connectivity index (χ4v) is 2.40. The molecule has 0 bridgehead atoms. The highest BCUT2D eigenvalue weighted by atomic mass is 79.9. The van der Waals surface area contributed by atoms with E-state index in [0.717, 1.165) is 0 Å². The third-order valence-electron chi connectivity index (χ3n) is 2.73. The molecule has 1 aromatic carbocycles. The number of rotatable bonds is 2. The smallest absolute Gasteiger partial charge is 0.227 e. The van der Waals surface area contributed by atoms with Crippen LogP contribution in [-0.4, -0.2) is 18.4 Å². The van der Waals surface area contributed by atoms with Gasteiger partial charge in [-0.15, -0.1) is 0 Å². The predicted molar refractivity (Wildman–Crippen MR) is 63.8 cm³/mol. The number of carbonyl (C=O) groups excluding carboxylic acids is 2. The molecule has 0 aliphatic carbocycles. The molecule has 1 aliphatic rings. The van der Waals surface area contributed by atoms with Crippen LogP contribution >= 0.6 is 15.9 Å². The number of halogens is 2. The molecule has 1 atom stereocenters. The van der Waals surface area contributed by atoms with Crippen molar-refractivity contribution in [1.82, 2.24) is 0 Å². The molecule has 2 rings (SSSR count). The van der Waals surface area contributed by atoms with Gasteiger partial charge < -0.3 is 10.6 Å². The Morgan fingerprint density at radius 1 is 1.53 bits per heavy atom. The topological polar surface area (TPSA) is 63.4 Å². The van der Waals surface area contributed by atoms with Crippen LogP contribution in [0.15, 0.2) is 22.7 Å². The molecule has 0 spiro atoms. The highest BCUT2D eigenvalue weighted by Gasteiger charge is 2.34. The van der Waals surface area contributed by atoms with E-state index < -0.39 is 17.6 Å². The summed E-state index contributed by atoms with van der Waals surface area (Å²) >= 11 is 3.19. The standard InChI is InChI=1S/C11H10BrFN2O2/c12-8-4-7(13)1-2-9(8)15-5-6(11(14)17)3-10(15)16/h1-2,4,6H,3,5H2,(H2,14,17). The SMILES string of the molecule is NC(=O)C1CC(=O)N(c2ccc(F)cc2Br)C1. The van der Waals surface area contributed by atoms with Crippen LogP contribution in [0.5, 0.6) is 0 Å². The number of nitrogens with two attached hydrogens (primary N) is 1. The largest absolute Gasteiger partial charge is 0.369 e. The molecule has 0 aromatic heterocycles. The van der Waals surface area contributed by atoms with E-state index in [0.29, 0.717) is 10.2 Å². The Bertz CT molecular complexity index is 492. The van der Waals surface area contributed by atoms with Gasteiger partial charge in [0.05, 0.1) is 11.6 Å². The fourth-order valence-electron chi connectivity index (χ4n) is 1.83. The normalized spacial score (nSPS) is 19.8. The molecule has 1 aromatic rings. The van der Waals surface area contributed by atoms with Crippen molar-refractivity contribution in [3.8, 4) is 0 Å². The van der Waals surface area contributed by atoms with Gasteiger partial charge in [-0.3, -0.25) is 9.59 Å². The number of nitrogens with zero attached hydrogens (tertiary/aromatic N) is 1. The third-order valence-corrected chi connectivity index (χ3v) is 3.36. The number of hydrogen-bond acceptors (Lipinski definition) is 2. The summed E-state index contributed by atoms with van der Waals surface area (Å²) in [6.45, 7) is 0.248. The Morgan fingerprint density at radius 3 is 2.76 bits per heavy atom. The van der Waals surface area contributed by atoms with Crippen molar-refractivity contribution in [3.63, 3.8) is 0 Å². The second-order valence-electron chi connectivity index (χ2n) is 3.90. The van der Waals surface area contributed by atoms with Gasteiger partial charge in [-0.05, 0) is 34.1 Å². The zero-order valence-corrected chi connectivity index (χ0v) is 10.4. The molecular formula is C11H10BrFN2O2. The molecule has 1 unspecified atom stereocenters. The molecule has 4 nitrogen and oxygen atoms in total. The zero-order valence-electron chi connectivity index (χ0n) is 8.82. The van der Waals surface area contributed by atoms with Crippen LogP contribution in [0.3, 0.4) is 0 Å². The molecule has 1 heterocycles. The van der Waals surface area contributed by atoms with Gasteiger partial charge in [-0.25, -0.2) is 4.39 Å². The quantitative estimate of drug-likeness (QED) is 0.898. The van der Waals surface area contributed by atoms with Gasteiger partial charge >= 0.3 is 0 Å². The van der Waals surface area contributed by atoms with E-state index in [1.54, 1.807) is 0 Å². The lowest BCUT2D eigenvalue weighted by Gasteiger charge is -2.17. The lowest BCUT2D eigenvalue weighted by Crippen LogP contribution is -2.28. The van der Waals surface area contributed by atoms with E-state index in [1.165, 1.54) is 23.1 Å². The average molecular weight is 301 g/mol. The predicted octanol–water partition coefficient (Wildman–Crippen LogP) is 1.43. The van der Waals surface area contributed by atoms with Gasteiger partial charge in [0.1, 0.15) is 5.82 Å². The first kappa shape index (κ1) is 12.0. The van der Waals surface area contributed by atoms with Crippen molar-refractivity contribution in [2.75, 3.05) is 11.4 Å². The minimum atomic E-state index is -0.487. The molecule has 0 saturated carbocycles. The molecule has 1 saturated heterocycles. The van der Waals surface area contributed by atoms with Crippen LogP contribution in [0, 0.1) is 11.7 Å². The Labute approximate surface area is 106 Å². The highest BCUT2D eigenvalue weighted by molar-refractivity contribution is 9.10. The number of hydrogen-bond donors (Lipinski definition) is 1. The van der Waals surface area contributed by atoms with Crippen LogP contribution in [0.4, 0.5) is 10.1 Å². The minimum absolute atomic E-state index is 0.110. The number of anilines is 1. The Balaban J connectivity index is 2.29. The second kappa shape index (κ2) is 4.44. The summed E-state index contributed by atoms with van der Waals surface area (Å²) in [6.07, 6.45) is 0.110. The van der Waals surface area contributed by atoms with Crippen molar-refractivity contribution >= 4 is 33.4 Å². The van der Waals surface area contributed by atoms with Gasteiger partial charge in [0.25, 0.3) is 0 Å². The number of benzene rings is 1. The van der Waals surface area contributed by atoms with E-state index in [2.05, 4.69) is 15.9 Å². The zero-order chi connectivity index (χ0) is 12.6. The first-order chi connectivity index (χ1) is 7.99. The summed E-state index contributed by atoms with van der Waals surface area (Å²) in [5, 5.41) is 0. The number of amides is 2. The van der Waals surface area contributed by atoms with Crippen molar-refractivity contribution in [1.29, 1.82) is 0 Å². The molecule has 17 heavy (non-hydrogen) atoms. The van der Waals surface area contributed by atoms with Crippen LogP contribution < -0.4 is 10.6 Å². The monoisotopic (exact) mass is 300 g/mol. The summed E-state index contributed by atoms with van der Waals surface area (Å²) in [7, 11) is 0.